The first kappa shape index (κ1) is 29.2. The molecule has 3 heterocycles. The van der Waals surface area contributed by atoms with Gasteiger partial charge in [0.1, 0.15) is 6.61 Å². The number of morpholine rings is 1. The summed E-state index contributed by atoms with van der Waals surface area (Å²) in [7, 11) is -3.35. The van der Waals surface area contributed by atoms with Crippen LogP contribution in [0.5, 0.6) is 5.88 Å². The number of nitrogens with zero attached hydrogens (tertiary/aromatic N) is 2. The van der Waals surface area contributed by atoms with Crippen molar-refractivity contribution in [3.05, 3.63) is 82.9 Å². The summed E-state index contributed by atoms with van der Waals surface area (Å²) in [6.45, 7) is 8.13. The molecule has 8 nitrogen and oxygen atoms in total. The van der Waals surface area contributed by atoms with Crippen LogP contribution in [0.2, 0.25) is 0 Å². The van der Waals surface area contributed by atoms with E-state index >= 15 is 0 Å². The van der Waals surface area contributed by atoms with E-state index in [0.717, 1.165) is 38.6 Å². The van der Waals surface area contributed by atoms with Gasteiger partial charge in [-0.1, -0.05) is 51.1 Å². The molecule has 0 radical (unpaired) electrons. The summed E-state index contributed by atoms with van der Waals surface area (Å²) in [6.07, 6.45) is 2.42. The molecule has 0 aliphatic carbocycles. The van der Waals surface area contributed by atoms with E-state index in [1.54, 1.807) is 22.4 Å². The Morgan fingerprint density at radius 3 is 2.68 bits per heavy atom. The molecule has 1 N–H and O–H groups in total. The standard InChI is InChI=1S/C31H35N3O5S2/c1-31(2,3)27-16-22(24-11-8-12-32-29(24)39-19-21-9-6-5-7-10-21)15-25-26(20-40-28(25)27)30(35)34-13-14-38-23(18-34)17-33-41(4,36)37/h5-12,15-16,20,23,33H,13-14,17-19H2,1-4H3. The fraction of sp³-hybridized carbons (Fsp3) is 0.355. The van der Waals surface area contributed by atoms with Gasteiger partial charge >= 0.3 is 0 Å². The monoisotopic (exact) mass is 593 g/mol. The Balaban J connectivity index is 1.50. The predicted molar refractivity (Wildman–Crippen MR) is 163 cm³/mol. The molecule has 0 bridgehead atoms. The number of benzene rings is 2. The van der Waals surface area contributed by atoms with Gasteiger partial charge in [0.25, 0.3) is 5.91 Å². The van der Waals surface area contributed by atoms with Crippen molar-refractivity contribution in [1.29, 1.82) is 0 Å². The van der Waals surface area contributed by atoms with Crippen molar-refractivity contribution in [3.8, 4) is 17.0 Å². The first-order valence-corrected chi connectivity index (χ1v) is 16.3. The van der Waals surface area contributed by atoms with Crippen LogP contribution < -0.4 is 9.46 Å². The van der Waals surface area contributed by atoms with Crippen LogP contribution in [-0.2, 0) is 26.8 Å². The van der Waals surface area contributed by atoms with Gasteiger partial charge in [-0.3, -0.25) is 4.79 Å². The summed E-state index contributed by atoms with van der Waals surface area (Å²) in [6, 6.07) is 18.1. The third-order valence-electron chi connectivity index (χ3n) is 7.01. The van der Waals surface area contributed by atoms with Crippen LogP contribution in [0.15, 0.2) is 66.2 Å². The van der Waals surface area contributed by atoms with Crippen LogP contribution in [0, 0.1) is 0 Å². The van der Waals surface area contributed by atoms with Crippen molar-refractivity contribution in [3.63, 3.8) is 0 Å². The maximum Gasteiger partial charge on any atom is 0.255 e. The highest BCUT2D eigenvalue weighted by molar-refractivity contribution is 7.88. The van der Waals surface area contributed by atoms with Crippen molar-refractivity contribution < 1.29 is 22.7 Å². The van der Waals surface area contributed by atoms with Crippen molar-refractivity contribution >= 4 is 37.4 Å². The average Bonchev–Trinajstić information content (AvgIpc) is 3.38. The summed E-state index contributed by atoms with van der Waals surface area (Å²) in [5.74, 6) is 0.445. The number of hydrogen-bond acceptors (Lipinski definition) is 7. The highest BCUT2D eigenvalue weighted by Crippen LogP contribution is 2.41. The second-order valence-electron chi connectivity index (χ2n) is 11.3. The number of nitrogens with one attached hydrogen (secondary N) is 1. The lowest BCUT2D eigenvalue weighted by Gasteiger charge is -2.33. The van der Waals surface area contributed by atoms with E-state index in [4.69, 9.17) is 9.47 Å². The number of hydrogen-bond donors (Lipinski definition) is 1. The van der Waals surface area contributed by atoms with E-state index in [-0.39, 0.29) is 17.9 Å². The van der Waals surface area contributed by atoms with E-state index in [1.165, 1.54) is 0 Å². The lowest BCUT2D eigenvalue weighted by molar-refractivity contribution is -0.0181. The fourth-order valence-corrected chi connectivity index (χ4v) is 6.65. The minimum atomic E-state index is -3.35. The van der Waals surface area contributed by atoms with Crippen molar-refractivity contribution in [2.45, 2.75) is 38.9 Å². The summed E-state index contributed by atoms with van der Waals surface area (Å²) >= 11 is 1.57. The number of aromatic nitrogens is 1. The summed E-state index contributed by atoms with van der Waals surface area (Å²) < 4.78 is 38.6. The molecule has 2 aromatic carbocycles. The Morgan fingerprint density at radius 1 is 1.17 bits per heavy atom. The number of amides is 1. The van der Waals surface area contributed by atoms with E-state index in [0.29, 0.717) is 37.7 Å². The topological polar surface area (TPSA) is 97.8 Å². The molecule has 1 atom stereocenters. The second kappa shape index (κ2) is 11.9. The molecule has 216 valence electrons. The van der Waals surface area contributed by atoms with Crippen LogP contribution in [0.25, 0.3) is 21.2 Å². The van der Waals surface area contributed by atoms with Crippen molar-refractivity contribution in [2.24, 2.45) is 0 Å². The van der Waals surface area contributed by atoms with Crippen LogP contribution in [0.1, 0.15) is 42.3 Å². The number of ether oxygens (including phenoxy) is 2. The van der Waals surface area contributed by atoms with Gasteiger partial charge < -0.3 is 14.4 Å². The fourth-order valence-electron chi connectivity index (χ4n) is 4.91. The van der Waals surface area contributed by atoms with E-state index < -0.39 is 16.1 Å². The normalized spacial score (nSPS) is 16.2. The Bertz CT molecular complexity index is 1650. The van der Waals surface area contributed by atoms with E-state index in [1.807, 2.05) is 47.8 Å². The van der Waals surface area contributed by atoms with Crippen LogP contribution >= 0.6 is 11.3 Å². The van der Waals surface area contributed by atoms with E-state index in [9.17, 15) is 13.2 Å². The summed E-state index contributed by atoms with van der Waals surface area (Å²) in [5, 5.41) is 2.82. The SMILES string of the molecule is CC(C)(C)c1cc(-c2cccnc2OCc2ccccc2)cc2c(C(=O)N3CCOC(CNS(C)(=O)=O)C3)csc12. The van der Waals surface area contributed by atoms with Crippen molar-refractivity contribution in [1.82, 2.24) is 14.6 Å². The maximum absolute atomic E-state index is 13.9. The van der Waals surface area contributed by atoms with Gasteiger partial charge in [0, 0.05) is 46.9 Å². The molecule has 1 unspecified atom stereocenters. The maximum atomic E-state index is 13.9. The lowest BCUT2D eigenvalue weighted by atomic mass is 9.84. The first-order chi connectivity index (χ1) is 19.5. The molecule has 10 heteroatoms. The number of pyridine rings is 1. The summed E-state index contributed by atoms with van der Waals surface area (Å²) in [4.78, 5) is 20.2. The number of rotatable bonds is 8. The van der Waals surface area contributed by atoms with Gasteiger partial charge in [0.05, 0.1) is 24.5 Å². The van der Waals surface area contributed by atoms with Crippen LogP contribution in [0.3, 0.4) is 0 Å². The molecule has 4 aromatic rings. The quantitative estimate of drug-likeness (QED) is 0.301. The lowest BCUT2D eigenvalue weighted by Crippen LogP contribution is -2.49. The van der Waals surface area contributed by atoms with Crippen molar-refractivity contribution in [2.75, 3.05) is 32.5 Å². The average molecular weight is 594 g/mol. The molecule has 5 rings (SSSR count). The molecule has 1 saturated heterocycles. The molecular formula is C31H35N3O5S2. The van der Waals surface area contributed by atoms with Gasteiger partial charge in [0.15, 0.2) is 0 Å². The minimum Gasteiger partial charge on any atom is -0.472 e. The Hall–Kier alpha value is -3.31. The summed E-state index contributed by atoms with van der Waals surface area (Å²) in [5.41, 5.74) is 4.45. The third-order valence-corrected chi connectivity index (χ3v) is 8.73. The molecule has 1 fully saturated rings. The zero-order valence-electron chi connectivity index (χ0n) is 23.7. The van der Waals surface area contributed by atoms with E-state index in [2.05, 4.69) is 42.6 Å². The zero-order chi connectivity index (χ0) is 29.2. The predicted octanol–water partition coefficient (Wildman–Crippen LogP) is 5.23. The molecule has 1 aliphatic rings. The number of thiophene rings is 1. The molecule has 1 aliphatic heterocycles. The highest BCUT2D eigenvalue weighted by Gasteiger charge is 2.29. The molecule has 0 spiro atoms. The van der Waals surface area contributed by atoms with Gasteiger partial charge in [-0.05, 0) is 46.4 Å². The number of fused-ring (bicyclic) bond motifs is 1. The number of carbonyl (C=O) groups is 1. The Labute approximate surface area is 245 Å². The van der Waals surface area contributed by atoms with Crippen LogP contribution in [0.4, 0.5) is 0 Å². The minimum absolute atomic E-state index is 0.0901. The molecular weight excluding hydrogens is 558 g/mol. The van der Waals surface area contributed by atoms with Gasteiger partial charge in [-0.25, -0.2) is 18.1 Å². The number of sulfonamides is 1. The second-order valence-corrected chi connectivity index (χ2v) is 14.0. The molecule has 0 saturated carbocycles. The Kier molecular flexibility index (Phi) is 8.47. The van der Waals surface area contributed by atoms with Gasteiger partial charge in [-0.2, -0.15) is 0 Å². The Morgan fingerprint density at radius 2 is 1.95 bits per heavy atom. The molecule has 1 amide bonds. The number of carbonyl (C=O) groups excluding carboxylic acids is 1. The first-order valence-electron chi connectivity index (χ1n) is 13.5. The van der Waals surface area contributed by atoms with Crippen LogP contribution in [-0.4, -0.2) is 62.8 Å². The van der Waals surface area contributed by atoms with Gasteiger partial charge in [0.2, 0.25) is 15.9 Å². The largest absolute Gasteiger partial charge is 0.472 e. The van der Waals surface area contributed by atoms with Gasteiger partial charge in [-0.15, -0.1) is 11.3 Å². The molecule has 41 heavy (non-hydrogen) atoms. The third kappa shape index (κ3) is 6.95. The zero-order valence-corrected chi connectivity index (χ0v) is 25.3. The molecule has 2 aromatic heterocycles. The smallest absolute Gasteiger partial charge is 0.255 e. The highest BCUT2D eigenvalue weighted by atomic mass is 32.2.